The normalized spacial score (nSPS) is 12.2. The maximum absolute atomic E-state index is 6.27. The van der Waals surface area contributed by atoms with E-state index in [1.807, 2.05) is 36.4 Å². The first-order chi connectivity index (χ1) is 47.5. The number of hydrogen-bond donors (Lipinski definition) is 0. The molecule has 0 fully saturated rings. The summed E-state index contributed by atoms with van der Waals surface area (Å²) < 4.78 is 25.7. The molecule has 0 saturated heterocycles. The van der Waals surface area contributed by atoms with E-state index in [1.54, 1.807) is 0 Å². The summed E-state index contributed by atoms with van der Waals surface area (Å²) >= 11 is 0. The first-order valence-corrected chi connectivity index (χ1v) is 32.5. The number of aromatic nitrogens is 5. The highest BCUT2D eigenvalue weighted by Crippen LogP contribution is 2.43. The molecule has 7 heterocycles. The van der Waals surface area contributed by atoms with Crippen molar-refractivity contribution in [2.24, 2.45) is 0 Å². The minimum atomic E-state index is 0.563. The summed E-state index contributed by atoms with van der Waals surface area (Å²) in [5.74, 6) is 1.31. The van der Waals surface area contributed by atoms with Gasteiger partial charge in [-0.25, -0.2) is 4.98 Å². The predicted octanol–water partition coefficient (Wildman–Crippen LogP) is 23.8. The molecule has 0 atom stereocenters. The summed E-state index contributed by atoms with van der Waals surface area (Å²) in [6.07, 6.45) is 0. The van der Waals surface area contributed by atoms with Gasteiger partial charge in [0.1, 0.15) is 39.3 Å². The standard InChI is InChI=1S/C88H51N5O3/c1-7-25-75-62(19-1)68-45-54(57-34-40-84-71(48-57)65-22-4-10-28-81(65)94-84)31-37-78(68)91(75)61-18-14-16-53(44-61)52-15-13-17-60(43-52)74-51-87(92-76-26-8-2-20-63(76)69-46-55(32-38-79(69)92)58-35-41-85-72(49-58)66-23-5-11-29-82(66)95-85)90-88(89-74)93-77-27-9-3-21-64(77)70-47-56(33-39-80(70)93)59-36-42-86-73(50-59)67-24-6-12-30-83(67)96-86/h1-51H. The number of fused-ring (bicyclic) bond motifs is 18. The van der Waals surface area contributed by atoms with Crippen LogP contribution in [-0.4, -0.2) is 23.7 Å². The Morgan fingerprint density at radius 1 is 0.198 bits per heavy atom. The van der Waals surface area contributed by atoms with Gasteiger partial charge in [0.05, 0.1) is 38.8 Å². The summed E-state index contributed by atoms with van der Waals surface area (Å²) in [5, 5.41) is 13.5. The Morgan fingerprint density at radius 2 is 0.531 bits per heavy atom. The Bertz CT molecular complexity index is 6620. The van der Waals surface area contributed by atoms with Gasteiger partial charge in [-0.1, -0.05) is 176 Å². The molecule has 0 aliphatic rings. The molecule has 21 rings (SSSR count). The molecule has 446 valence electrons. The second-order valence-corrected chi connectivity index (χ2v) is 25.2. The zero-order chi connectivity index (χ0) is 62.7. The van der Waals surface area contributed by atoms with E-state index in [9.17, 15) is 0 Å². The maximum atomic E-state index is 6.27. The topological polar surface area (TPSA) is 80.0 Å². The van der Waals surface area contributed by atoms with Gasteiger partial charge in [0.15, 0.2) is 0 Å². The van der Waals surface area contributed by atoms with Gasteiger partial charge in [-0.05, 0) is 172 Å². The van der Waals surface area contributed by atoms with Crippen LogP contribution in [0.15, 0.2) is 323 Å². The van der Waals surface area contributed by atoms with E-state index in [-0.39, 0.29) is 0 Å². The molecule has 0 bridgehead atoms. The van der Waals surface area contributed by atoms with Crippen LogP contribution in [0.2, 0.25) is 0 Å². The molecule has 0 saturated carbocycles. The molecule has 96 heavy (non-hydrogen) atoms. The van der Waals surface area contributed by atoms with E-state index in [4.69, 9.17) is 23.2 Å². The van der Waals surface area contributed by atoms with Gasteiger partial charge < -0.3 is 17.8 Å². The molecular weight excluding hydrogens is 1170 g/mol. The van der Waals surface area contributed by atoms with Crippen LogP contribution in [0.4, 0.5) is 0 Å². The maximum Gasteiger partial charge on any atom is 0.237 e. The van der Waals surface area contributed by atoms with Gasteiger partial charge in [0.25, 0.3) is 0 Å². The van der Waals surface area contributed by atoms with Crippen molar-refractivity contribution >= 4 is 131 Å². The van der Waals surface area contributed by atoms with E-state index < -0.39 is 0 Å². The van der Waals surface area contributed by atoms with E-state index in [2.05, 4.69) is 287 Å². The molecule has 8 heteroatoms. The van der Waals surface area contributed by atoms with Crippen molar-refractivity contribution in [1.29, 1.82) is 0 Å². The van der Waals surface area contributed by atoms with Crippen LogP contribution >= 0.6 is 0 Å². The van der Waals surface area contributed by atoms with E-state index in [1.165, 1.54) is 10.8 Å². The Hall–Kier alpha value is -13.0. The Balaban J connectivity index is 0.722. The molecule has 0 aliphatic heterocycles. The molecule has 0 unspecified atom stereocenters. The summed E-state index contributed by atoms with van der Waals surface area (Å²) in [6.45, 7) is 0. The second-order valence-electron chi connectivity index (χ2n) is 25.2. The van der Waals surface area contributed by atoms with Crippen molar-refractivity contribution in [2.75, 3.05) is 0 Å². The lowest BCUT2D eigenvalue weighted by atomic mass is 10.0. The summed E-state index contributed by atoms with van der Waals surface area (Å²) in [6, 6.07) is 111. The quantitative estimate of drug-likeness (QED) is 0.151. The van der Waals surface area contributed by atoms with Crippen molar-refractivity contribution in [3.05, 3.63) is 309 Å². The Labute approximate surface area is 547 Å². The smallest absolute Gasteiger partial charge is 0.237 e. The van der Waals surface area contributed by atoms with Crippen LogP contribution in [0.25, 0.3) is 204 Å². The van der Waals surface area contributed by atoms with Crippen LogP contribution < -0.4 is 0 Å². The number of hydrogen-bond acceptors (Lipinski definition) is 5. The zero-order valence-corrected chi connectivity index (χ0v) is 51.4. The summed E-state index contributed by atoms with van der Waals surface area (Å²) in [4.78, 5) is 11.4. The molecule has 8 nitrogen and oxygen atoms in total. The molecule has 0 N–H and O–H groups in total. The van der Waals surface area contributed by atoms with Crippen molar-refractivity contribution in [3.63, 3.8) is 0 Å². The van der Waals surface area contributed by atoms with Gasteiger partial charge in [-0.3, -0.25) is 9.13 Å². The van der Waals surface area contributed by atoms with Crippen molar-refractivity contribution < 1.29 is 13.3 Å². The van der Waals surface area contributed by atoms with Crippen molar-refractivity contribution in [3.8, 4) is 73.2 Å². The third-order valence-electron chi connectivity index (χ3n) is 19.9. The third kappa shape index (κ3) is 7.96. The van der Waals surface area contributed by atoms with Gasteiger partial charge in [0, 0.05) is 82.0 Å². The number of nitrogens with zero attached hydrogens (tertiary/aromatic N) is 5. The average molecular weight is 1230 g/mol. The van der Waals surface area contributed by atoms with Gasteiger partial charge in [-0.2, -0.15) is 4.98 Å². The molecule has 14 aromatic carbocycles. The first-order valence-electron chi connectivity index (χ1n) is 32.5. The lowest BCUT2D eigenvalue weighted by molar-refractivity contribution is 0.668. The largest absolute Gasteiger partial charge is 0.456 e. The highest BCUT2D eigenvalue weighted by atomic mass is 16.3. The second kappa shape index (κ2) is 20.2. The SMILES string of the molecule is c1cc(-c2cccc(-n3c4ccccc4c4cc(-c5ccc6oc7ccccc7c6c5)ccc43)c2)cc(-c2cc(-n3c4ccccc4c4cc(-c5ccc6oc7ccccc7c6c5)ccc43)nc(-n3c4ccccc4c4cc(-c5ccc6oc7ccccc7c6c5)ccc43)n2)c1. The Kier molecular flexibility index (Phi) is 11.1. The number of benzene rings is 14. The van der Waals surface area contributed by atoms with E-state index in [0.717, 1.165) is 188 Å². The van der Waals surface area contributed by atoms with Crippen LogP contribution in [-0.2, 0) is 0 Å². The van der Waals surface area contributed by atoms with E-state index in [0.29, 0.717) is 5.95 Å². The summed E-state index contributed by atoms with van der Waals surface area (Å²) in [7, 11) is 0. The number of rotatable bonds is 8. The fourth-order valence-electron chi connectivity index (χ4n) is 15.4. The molecule has 0 aliphatic carbocycles. The molecule has 21 aromatic rings. The third-order valence-corrected chi connectivity index (χ3v) is 19.9. The Morgan fingerprint density at radius 3 is 1.02 bits per heavy atom. The highest BCUT2D eigenvalue weighted by Gasteiger charge is 2.23. The number of para-hydroxylation sites is 6. The molecule has 7 aromatic heterocycles. The fourth-order valence-corrected chi connectivity index (χ4v) is 15.4. The first kappa shape index (κ1) is 52.6. The van der Waals surface area contributed by atoms with Crippen LogP contribution in [0.3, 0.4) is 0 Å². The average Bonchev–Trinajstić information content (AvgIpc) is 1.58. The molecule has 0 spiro atoms. The minimum Gasteiger partial charge on any atom is -0.456 e. The fraction of sp³-hybridized carbons (Fsp3) is 0. The van der Waals surface area contributed by atoms with Crippen LogP contribution in [0.1, 0.15) is 0 Å². The predicted molar refractivity (Wildman–Crippen MR) is 394 cm³/mol. The molecule has 0 amide bonds. The van der Waals surface area contributed by atoms with Crippen molar-refractivity contribution in [1.82, 2.24) is 23.7 Å². The van der Waals surface area contributed by atoms with Crippen LogP contribution in [0, 0.1) is 0 Å². The highest BCUT2D eigenvalue weighted by molar-refractivity contribution is 6.15. The molecular formula is C88H51N5O3. The van der Waals surface area contributed by atoms with Gasteiger partial charge in [0.2, 0.25) is 5.95 Å². The lowest BCUT2D eigenvalue weighted by Gasteiger charge is -2.15. The molecule has 0 radical (unpaired) electrons. The zero-order valence-electron chi connectivity index (χ0n) is 51.4. The number of furan rings is 3. The van der Waals surface area contributed by atoms with Gasteiger partial charge in [-0.15, -0.1) is 0 Å². The minimum absolute atomic E-state index is 0.563. The van der Waals surface area contributed by atoms with Crippen molar-refractivity contribution in [2.45, 2.75) is 0 Å². The van der Waals surface area contributed by atoms with E-state index >= 15 is 0 Å². The summed E-state index contributed by atoms with van der Waals surface area (Å²) in [5.41, 5.74) is 23.4. The van der Waals surface area contributed by atoms with Crippen LogP contribution in [0.5, 0.6) is 0 Å². The monoisotopic (exact) mass is 1230 g/mol. The lowest BCUT2D eigenvalue weighted by Crippen LogP contribution is -2.07. The van der Waals surface area contributed by atoms with Gasteiger partial charge >= 0.3 is 0 Å².